The summed E-state index contributed by atoms with van der Waals surface area (Å²) in [7, 11) is 0. The third-order valence-electron chi connectivity index (χ3n) is 6.79. The van der Waals surface area contributed by atoms with Crippen molar-refractivity contribution in [3.05, 3.63) is 22.3 Å². The number of allylic oxidation sites excluding steroid dienone is 3. The summed E-state index contributed by atoms with van der Waals surface area (Å²) < 4.78 is 0. The fourth-order valence-electron chi connectivity index (χ4n) is 6.62. The number of hydrogen-bond acceptors (Lipinski definition) is 1. The predicted molar refractivity (Wildman–Crippen MR) is 77.6 cm³/mol. The molecule has 19 heavy (non-hydrogen) atoms. The Morgan fingerprint density at radius 3 is 2.11 bits per heavy atom. The van der Waals surface area contributed by atoms with Crippen LogP contribution in [0.3, 0.4) is 0 Å². The van der Waals surface area contributed by atoms with Crippen LogP contribution < -0.4 is 0 Å². The summed E-state index contributed by atoms with van der Waals surface area (Å²) in [6, 6.07) is 0. The molecule has 0 aromatic carbocycles. The molecule has 1 heteroatoms. The normalized spacial score (nSPS) is 45.0. The molecule has 5 aliphatic carbocycles. The van der Waals surface area contributed by atoms with Crippen LogP contribution in [0.15, 0.2) is 22.3 Å². The van der Waals surface area contributed by atoms with Gasteiger partial charge in [-0.15, -0.1) is 0 Å². The highest BCUT2D eigenvalue weighted by Gasteiger charge is 2.76. The Morgan fingerprint density at radius 1 is 1.00 bits per heavy atom. The maximum absolute atomic E-state index is 10.8. The van der Waals surface area contributed by atoms with Gasteiger partial charge in [-0.3, -0.25) is 0 Å². The highest BCUT2D eigenvalue weighted by molar-refractivity contribution is 5.52. The molecule has 0 unspecified atom stereocenters. The van der Waals surface area contributed by atoms with Crippen LogP contribution in [-0.2, 0) is 0 Å². The van der Waals surface area contributed by atoms with Crippen LogP contribution in [0.2, 0.25) is 0 Å². The fourth-order valence-corrected chi connectivity index (χ4v) is 6.62. The van der Waals surface area contributed by atoms with E-state index in [-0.39, 0.29) is 6.10 Å². The largest absolute Gasteiger partial charge is 0.392 e. The quantitative estimate of drug-likeness (QED) is 0.649. The zero-order valence-corrected chi connectivity index (χ0v) is 12.7. The first-order valence-electron chi connectivity index (χ1n) is 8.03. The fraction of sp³-hybridized carbons (Fsp3) is 0.778. The van der Waals surface area contributed by atoms with Crippen LogP contribution in [0.4, 0.5) is 0 Å². The molecule has 0 aromatic rings. The van der Waals surface area contributed by atoms with E-state index in [0.717, 1.165) is 0 Å². The Kier molecular flexibility index (Phi) is 2.28. The first-order chi connectivity index (χ1) is 9.00. The minimum atomic E-state index is -0.0406. The van der Waals surface area contributed by atoms with E-state index in [4.69, 9.17) is 0 Å². The molecular formula is C18H26O. The summed E-state index contributed by atoms with van der Waals surface area (Å²) in [5, 5.41) is 10.8. The molecule has 4 bridgehead atoms. The van der Waals surface area contributed by atoms with Crippen molar-refractivity contribution < 1.29 is 5.11 Å². The molecule has 5 rings (SSSR count). The smallest absolute Gasteiger partial charge is 0.0654 e. The van der Waals surface area contributed by atoms with Crippen LogP contribution in [0.25, 0.3) is 0 Å². The van der Waals surface area contributed by atoms with Crippen LogP contribution in [0, 0.1) is 29.1 Å². The first kappa shape index (κ1) is 12.2. The standard InChI is InChI=1S/C18H26O/c1-9(2)11-13-12(10(3)4)15-14(11)17(19)16(13)18(15)7-5-6-8-18/h13-17,19H,5-8H2,1-4H3/t13-,14+,15-,16+,17-/m0/s1. The maximum atomic E-state index is 10.8. The van der Waals surface area contributed by atoms with E-state index in [0.29, 0.717) is 29.1 Å². The van der Waals surface area contributed by atoms with Crippen LogP contribution in [0.1, 0.15) is 53.4 Å². The van der Waals surface area contributed by atoms with Crippen molar-refractivity contribution in [1.82, 2.24) is 0 Å². The lowest BCUT2D eigenvalue weighted by Gasteiger charge is -2.34. The summed E-state index contributed by atoms with van der Waals surface area (Å²) in [5.74, 6) is 2.33. The average Bonchev–Trinajstić information content (AvgIpc) is 3.04. The van der Waals surface area contributed by atoms with E-state index >= 15 is 0 Å². The van der Waals surface area contributed by atoms with Crippen molar-refractivity contribution in [2.24, 2.45) is 29.1 Å². The Balaban J connectivity index is 1.94. The Morgan fingerprint density at radius 2 is 1.58 bits per heavy atom. The lowest BCUT2D eigenvalue weighted by molar-refractivity contribution is 0.0833. The molecule has 1 spiro atoms. The van der Waals surface area contributed by atoms with E-state index in [1.807, 2.05) is 0 Å². The van der Waals surface area contributed by atoms with Gasteiger partial charge < -0.3 is 5.11 Å². The van der Waals surface area contributed by atoms with Gasteiger partial charge >= 0.3 is 0 Å². The third kappa shape index (κ3) is 1.14. The van der Waals surface area contributed by atoms with Crippen molar-refractivity contribution in [2.45, 2.75) is 59.5 Å². The molecular weight excluding hydrogens is 232 g/mol. The molecule has 104 valence electrons. The number of hydrogen-bond donors (Lipinski definition) is 1. The molecule has 1 nitrogen and oxygen atoms in total. The summed E-state index contributed by atoms with van der Waals surface area (Å²) >= 11 is 0. The molecule has 5 aliphatic rings. The van der Waals surface area contributed by atoms with Gasteiger partial charge in [-0.05, 0) is 51.9 Å². The lowest BCUT2D eigenvalue weighted by atomic mass is 9.69. The molecule has 0 amide bonds. The van der Waals surface area contributed by atoms with Gasteiger partial charge in [0.1, 0.15) is 0 Å². The average molecular weight is 258 g/mol. The molecule has 5 fully saturated rings. The van der Waals surface area contributed by atoms with Crippen LogP contribution in [-0.4, -0.2) is 11.2 Å². The molecule has 0 aromatic heterocycles. The minimum absolute atomic E-state index is 0.0406. The predicted octanol–water partition coefficient (Wildman–Crippen LogP) is 4.09. The van der Waals surface area contributed by atoms with E-state index in [1.54, 1.807) is 11.1 Å². The second-order valence-electron chi connectivity index (χ2n) is 7.85. The van der Waals surface area contributed by atoms with Gasteiger partial charge in [0.05, 0.1) is 6.10 Å². The second kappa shape index (κ2) is 3.55. The number of aliphatic hydroxyl groups is 1. The summed E-state index contributed by atoms with van der Waals surface area (Å²) in [6.07, 6.45) is 5.48. The monoisotopic (exact) mass is 258 g/mol. The molecule has 0 heterocycles. The van der Waals surface area contributed by atoms with Gasteiger partial charge in [0.25, 0.3) is 0 Å². The second-order valence-corrected chi connectivity index (χ2v) is 7.85. The maximum Gasteiger partial charge on any atom is 0.0654 e. The van der Waals surface area contributed by atoms with Gasteiger partial charge in [-0.1, -0.05) is 35.1 Å². The summed E-state index contributed by atoms with van der Waals surface area (Å²) in [6.45, 7) is 9.09. The van der Waals surface area contributed by atoms with Crippen molar-refractivity contribution in [3.63, 3.8) is 0 Å². The Hall–Kier alpha value is -0.560. The SMILES string of the molecule is CC(C)=C1[C@H]2C(=C(C)C)[C@H]3[C@@H]1[C@H](O)[C@@H]2C31CCCC1. The van der Waals surface area contributed by atoms with Gasteiger partial charge in [-0.25, -0.2) is 0 Å². The van der Waals surface area contributed by atoms with Gasteiger partial charge in [0, 0.05) is 17.8 Å². The van der Waals surface area contributed by atoms with E-state index in [2.05, 4.69) is 27.7 Å². The molecule has 5 atom stereocenters. The first-order valence-corrected chi connectivity index (χ1v) is 8.03. The van der Waals surface area contributed by atoms with Crippen molar-refractivity contribution in [1.29, 1.82) is 0 Å². The zero-order valence-electron chi connectivity index (χ0n) is 12.7. The Labute approximate surface area is 116 Å². The van der Waals surface area contributed by atoms with Crippen LogP contribution >= 0.6 is 0 Å². The number of aliphatic hydroxyl groups excluding tert-OH is 1. The van der Waals surface area contributed by atoms with Crippen molar-refractivity contribution in [3.8, 4) is 0 Å². The van der Waals surface area contributed by atoms with Gasteiger partial charge in [0.15, 0.2) is 0 Å². The van der Waals surface area contributed by atoms with Crippen molar-refractivity contribution >= 4 is 0 Å². The number of rotatable bonds is 0. The zero-order chi connectivity index (χ0) is 13.5. The van der Waals surface area contributed by atoms with Gasteiger partial charge in [0.2, 0.25) is 0 Å². The van der Waals surface area contributed by atoms with E-state index in [9.17, 15) is 5.11 Å². The molecule has 0 saturated heterocycles. The Bertz CT molecular complexity index is 496. The van der Waals surface area contributed by atoms with Crippen molar-refractivity contribution in [2.75, 3.05) is 0 Å². The highest BCUT2D eigenvalue weighted by atomic mass is 16.3. The minimum Gasteiger partial charge on any atom is -0.392 e. The summed E-state index contributed by atoms with van der Waals surface area (Å²) in [4.78, 5) is 0. The topological polar surface area (TPSA) is 20.2 Å². The van der Waals surface area contributed by atoms with E-state index in [1.165, 1.54) is 36.8 Å². The third-order valence-corrected chi connectivity index (χ3v) is 6.79. The summed E-state index contributed by atoms with van der Waals surface area (Å²) in [5.41, 5.74) is 6.86. The molecule has 0 aliphatic heterocycles. The molecule has 0 radical (unpaired) electrons. The van der Waals surface area contributed by atoms with E-state index < -0.39 is 0 Å². The molecule has 1 N–H and O–H groups in total. The molecule has 5 saturated carbocycles. The van der Waals surface area contributed by atoms with Gasteiger partial charge in [-0.2, -0.15) is 0 Å². The highest BCUT2D eigenvalue weighted by Crippen LogP contribution is 2.79. The van der Waals surface area contributed by atoms with Crippen LogP contribution in [0.5, 0.6) is 0 Å². The lowest BCUT2D eigenvalue weighted by Crippen LogP contribution is -2.29.